The van der Waals surface area contributed by atoms with E-state index in [0.29, 0.717) is 5.75 Å². The molecule has 0 amide bonds. The third-order valence-corrected chi connectivity index (χ3v) is 5.06. The Bertz CT molecular complexity index is 1100. The molecule has 0 radical (unpaired) electrons. The van der Waals surface area contributed by atoms with Crippen molar-refractivity contribution in [3.05, 3.63) is 113 Å². The number of hydrogen-bond acceptors (Lipinski definition) is 2. The number of aryl methyl sites for hydroxylation is 1. The number of hydrogen-bond donors (Lipinski definition) is 1. The lowest BCUT2D eigenvalue weighted by Crippen LogP contribution is -2.37. The zero-order chi connectivity index (χ0) is 22.8. The molecule has 3 heteroatoms. The molecule has 0 aliphatic heterocycles. The van der Waals surface area contributed by atoms with Crippen molar-refractivity contribution in [1.82, 2.24) is 0 Å². The van der Waals surface area contributed by atoms with Crippen LogP contribution in [0.4, 0.5) is 0 Å². The number of allylic oxidation sites excluding steroid dienone is 2. The fraction of sp³-hybridized carbons (Fsp3) is 0.207. The molecule has 0 heterocycles. The fourth-order valence-corrected chi connectivity index (χ4v) is 3.09. The van der Waals surface area contributed by atoms with Gasteiger partial charge in [-0.3, -0.25) is 0 Å². The molecule has 0 atom stereocenters. The summed E-state index contributed by atoms with van der Waals surface area (Å²) >= 11 is 0. The molecule has 0 unspecified atom stereocenters. The van der Waals surface area contributed by atoms with Gasteiger partial charge in [-0.2, -0.15) is 0 Å². The minimum absolute atomic E-state index is 0.506. The molecular weight excluding hydrogens is 396 g/mol. The minimum atomic E-state index is -1.28. The lowest BCUT2D eigenvalue weighted by atomic mass is 10.0. The van der Waals surface area contributed by atoms with Gasteiger partial charge < -0.3 is 9.84 Å². The number of carbonyl (C=O) groups is 1. The second-order valence-electron chi connectivity index (χ2n) is 8.10. The molecule has 3 aromatic rings. The number of aliphatic carboxylic acids is 1. The third kappa shape index (κ3) is 7.18. The van der Waals surface area contributed by atoms with Crippen LogP contribution in [0.25, 0.3) is 0 Å². The highest BCUT2D eigenvalue weighted by atomic mass is 16.5. The van der Waals surface area contributed by atoms with E-state index in [2.05, 4.69) is 54.3 Å². The first kappa shape index (κ1) is 22.9. The third-order valence-electron chi connectivity index (χ3n) is 5.06. The summed E-state index contributed by atoms with van der Waals surface area (Å²) in [6, 6.07) is 28.0. The summed E-state index contributed by atoms with van der Waals surface area (Å²) < 4.78 is 5.56. The van der Waals surface area contributed by atoms with Crippen LogP contribution in [0.2, 0.25) is 0 Å². The smallest absolute Gasteiger partial charge is 0.347 e. The molecular formula is C29H28O3. The Morgan fingerprint density at radius 3 is 2.09 bits per heavy atom. The standard InChI is InChI=1S/C29H28O3/c1-29(2,28(30)31)32-27-21-19-26(20-22-27)18-17-25(15-13-23-9-5-3-6-10-23)16-14-24-11-7-4-8-12-24/h3-12,15,19-22H,13-14,16H2,1-2H3,(H,30,31)/b25-15+. The summed E-state index contributed by atoms with van der Waals surface area (Å²) in [4.78, 5) is 11.2. The molecule has 0 aliphatic rings. The quantitative estimate of drug-likeness (QED) is 0.446. The molecule has 0 fully saturated rings. The van der Waals surface area contributed by atoms with E-state index < -0.39 is 11.6 Å². The monoisotopic (exact) mass is 424 g/mol. The van der Waals surface area contributed by atoms with Crippen LogP contribution in [0.15, 0.2) is 96.6 Å². The molecule has 3 rings (SSSR count). The average Bonchev–Trinajstić information content (AvgIpc) is 2.80. The molecule has 1 N–H and O–H groups in total. The maximum atomic E-state index is 11.2. The largest absolute Gasteiger partial charge is 0.478 e. The lowest BCUT2D eigenvalue weighted by Gasteiger charge is -2.21. The van der Waals surface area contributed by atoms with Gasteiger partial charge in [0, 0.05) is 5.56 Å². The maximum Gasteiger partial charge on any atom is 0.347 e. The number of carboxylic acid groups (broad SMARTS) is 1. The van der Waals surface area contributed by atoms with Gasteiger partial charge in [0.15, 0.2) is 5.60 Å². The van der Waals surface area contributed by atoms with E-state index in [0.717, 1.165) is 30.4 Å². The highest BCUT2D eigenvalue weighted by Crippen LogP contribution is 2.19. The Labute approximate surface area is 190 Å². The van der Waals surface area contributed by atoms with Crippen LogP contribution in [-0.4, -0.2) is 16.7 Å². The summed E-state index contributed by atoms with van der Waals surface area (Å²) in [5.74, 6) is 6.08. The summed E-state index contributed by atoms with van der Waals surface area (Å²) in [7, 11) is 0. The predicted octanol–water partition coefficient (Wildman–Crippen LogP) is 6.08. The highest BCUT2D eigenvalue weighted by Gasteiger charge is 2.29. The van der Waals surface area contributed by atoms with E-state index in [9.17, 15) is 9.90 Å². The number of carboxylic acids is 1. The zero-order valence-electron chi connectivity index (χ0n) is 18.5. The van der Waals surface area contributed by atoms with Crippen LogP contribution in [-0.2, 0) is 17.6 Å². The van der Waals surface area contributed by atoms with Gasteiger partial charge in [-0.15, -0.1) is 0 Å². The van der Waals surface area contributed by atoms with Gasteiger partial charge in [0.05, 0.1) is 0 Å². The second-order valence-corrected chi connectivity index (χ2v) is 8.10. The fourth-order valence-electron chi connectivity index (χ4n) is 3.09. The van der Waals surface area contributed by atoms with E-state index >= 15 is 0 Å². The number of rotatable bonds is 8. The van der Waals surface area contributed by atoms with Crippen molar-refractivity contribution in [2.75, 3.05) is 0 Å². The molecule has 0 saturated carbocycles. The van der Waals surface area contributed by atoms with Crippen LogP contribution >= 0.6 is 0 Å². The van der Waals surface area contributed by atoms with E-state index in [4.69, 9.17) is 4.74 Å². The van der Waals surface area contributed by atoms with Gasteiger partial charge in [-0.05, 0) is 74.1 Å². The first-order valence-corrected chi connectivity index (χ1v) is 10.7. The van der Waals surface area contributed by atoms with Crippen molar-refractivity contribution in [3.8, 4) is 17.6 Å². The highest BCUT2D eigenvalue weighted by molar-refractivity contribution is 5.76. The molecule has 0 aromatic heterocycles. The second kappa shape index (κ2) is 11.0. The van der Waals surface area contributed by atoms with E-state index in [1.807, 2.05) is 36.4 Å². The van der Waals surface area contributed by atoms with Crippen LogP contribution in [0.5, 0.6) is 5.75 Å². The van der Waals surface area contributed by atoms with Gasteiger partial charge in [-0.1, -0.05) is 78.6 Å². The topological polar surface area (TPSA) is 46.5 Å². The Kier molecular flexibility index (Phi) is 7.89. The number of ether oxygens (including phenoxy) is 1. The summed E-state index contributed by atoms with van der Waals surface area (Å²) in [5.41, 5.74) is 3.23. The molecule has 0 aliphatic carbocycles. The first-order valence-electron chi connectivity index (χ1n) is 10.7. The van der Waals surface area contributed by atoms with E-state index in [-0.39, 0.29) is 0 Å². The SMILES string of the molecule is CC(C)(Oc1ccc(C#C/C(=C/Cc2ccccc2)CCc2ccccc2)cc1)C(=O)O. The average molecular weight is 425 g/mol. The van der Waals surface area contributed by atoms with Gasteiger partial charge in [0.25, 0.3) is 0 Å². The van der Waals surface area contributed by atoms with Gasteiger partial charge >= 0.3 is 5.97 Å². The maximum absolute atomic E-state index is 11.2. The van der Waals surface area contributed by atoms with Crippen LogP contribution in [0.3, 0.4) is 0 Å². The van der Waals surface area contributed by atoms with Gasteiger partial charge in [0.2, 0.25) is 0 Å². The van der Waals surface area contributed by atoms with Gasteiger partial charge in [0.1, 0.15) is 5.75 Å². The number of benzene rings is 3. The lowest BCUT2D eigenvalue weighted by molar-refractivity contribution is -0.152. The molecule has 0 saturated heterocycles. The molecule has 0 spiro atoms. The van der Waals surface area contributed by atoms with Gasteiger partial charge in [-0.25, -0.2) is 4.79 Å². The van der Waals surface area contributed by atoms with Crippen LogP contribution in [0.1, 0.15) is 37.0 Å². The summed E-state index contributed by atoms with van der Waals surface area (Å²) in [6.45, 7) is 3.05. The molecule has 162 valence electrons. The Morgan fingerprint density at radius 2 is 1.50 bits per heavy atom. The van der Waals surface area contributed by atoms with Crippen LogP contribution in [0, 0.1) is 11.8 Å². The van der Waals surface area contributed by atoms with Crippen molar-refractivity contribution >= 4 is 5.97 Å². The normalized spacial score (nSPS) is 11.4. The Morgan fingerprint density at radius 1 is 0.906 bits per heavy atom. The van der Waals surface area contributed by atoms with Crippen molar-refractivity contribution < 1.29 is 14.6 Å². The van der Waals surface area contributed by atoms with Crippen molar-refractivity contribution in [2.24, 2.45) is 0 Å². The Balaban J connectivity index is 1.73. The first-order chi connectivity index (χ1) is 15.4. The van der Waals surface area contributed by atoms with E-state index in [1.165, 1.54) is 25.0 Å². The summed E-state index contributed by atoms with van der Waals surface area (Å²) in [5, 5.41) is 9.21. The van der Waals surface area contributed by atoms with Crippen molar-refractivity contribution in [2.45, 2.75) is 38.7 Å². The van der Waals surface area contributed by atoms with Crippen LogP contribution < -0.4 is 4.74 Å². The molecule has 0 bridgehead atoms. The van der Waals surface area contributed by atoms with Crippen molar-refractivity contribution in [3.63, 3.8) is 0 Å². The minimum Gasteiger partial charge on any atom is -0.478 e. The Hall–Kier alpha value is -3.77. The van der Waals surface area contributed by atoms with E-state index in [1.54, 1.807) is 12.1 Å². The van der Waals surface area contributed by atoms with Crippen molar-refractivity contribution in [1.29, 1.82) is 0 Å². The predicted molar refractivity (Wildman–Crippen MR) is 129 cm³/mol. The molecule has 3 nitrogen and oxygen atoms in total. The molecule has 3 aromatic carbocycles. The molecule has 32 heavy (non-hydrogen) atoms. The zero-order valence-corrected chi connectivity index (χ0v) is 18.5. The summed E-state index contributed by atoms with van der Waals surface area (Å²) in [6.07, 6.45) is 4.86.